The summed E-state index contributed by atoms with van der Waals surface area (Å²) < 4.78 is 0. The van der Waals surface area contributed by atoms with E-state index in [4.69, 9.17) is 17.2 Å². The minimum atomic E-state index is -0.942. The van der Waals surface area contributed by atoms with Crippen LogP contribution in [0.25, 0.3) is 0 Å². The van der Waals surface area contributed by atoms with Crippen LogP contribution >= 0.6 is 0 Å². The summed E-state index contributed by atoms with van der Waals surface area (Å²) in [7, 11) is 1.57. The number of rotatable bonds is 6. The second-order valence-electron chi connectivity index (χ2n) is 4.53. The van der Waals surface area contributed by atoms with Gasteiger partial charge in [-0.3, -0.25) is 14.4 Å². The molecule has 7 heteroatoms. The molecular formula is C13H18N4O3. The van der Waals surface area contributed by atoms with Crippen LogP contribution in [0.2, 0.25) is 0 Å². The highest BCUT2D eigenvalue weighted by Gasteiger charge is 2.19. The molecule has 3 amide bonds. The Balaban J connectivity index is 2.65. The standard InChI is InChI=1S/C13H18N4O3/c1-17(13(20)10(14)6-11(15)18)7-8-2-4-9(5-3-8)12(16)19/h2-5,10H,6-7,14H2,1H3,(H2,15,18)(H2,16,19). The lowest BCUT2D eigenvalue weighted by molar-refractivity contribution is -0.133. The van der Waals surface area contributed by atoms with Gasteiger partial charge in [0, 0.05) is 19.2 Å². The third-order valence-electron chi connectivity index (χ3n) is 2.77. The Hall–Kier alpha value is -2.41. The fourth-order valence-corrected chi connectivity index (χ4v) is 1.71. The molecule has 1 rings (SSSR count). The van der Waals surface area contributed by atoms with Gasteiger partial charge in [-0.05, 0) is 17.7 Å². The number of hydrogen-bond acceptors (Lipinski definition) is 4. The van der Waals surface area contributed by atoms with Gasteiger partial charge in [0.05, 0.1) is 12.5 Å². The van der Waals surface area contributed by atoms with Crippen molar-refractivity contribution in [2.45, 2.75) is 19.0 Å². The number of nitrogens with zero attached hydrogens (tertiary/aromatic N) is 1. The van der Waals surface area contributed by atoms with E-state index in [1.807, 2.05) is 0 Å². The zero-order valence-electron chi connectivity index (χ0n) is 11.2. The van der Waals surface area contributed by atoms with Crippen molar-refractivity contribution in [1.82, 2.24) is 4.90 Å². The van der Waals surface area contributed by atoms with Crippen LogP contribution in [0.5, 0.6) is 0 Å². The molecule has 1 aromatic rings. The summed E-state index contributed by atoms with van der Waals surface area (Å²) in [6, 6.07) is 5.62. The zero-order valence-corrected chi connectivity index (χ0v) is 11.2. The normalized spacial score (nSPS) is 11.7. The number of nitrogens with two attached hydrogens (primary N) is 3. The fourth-order valence-electron chi connectivity index (χ4n) is 1.71. The van der Waals surface area contributed by atoms with Gasteiger partial charge in [0.15, 0.2) is 0 Å². The maximum absolute atomic E-state index is 11.9. The molecule has 0 saturated heterocycles. The van der Waals surface area contributed by atoms with E-state index in [0.717, 1.165) is 5.56 Å². The van der Waals surface area contributed by atoms with Crippen LogP contribution in [0.3, 0.4) is 0 Å². The molecule has 0 bridgehead atoms. The van der Waals surface area contributed by atoms with Crippen LogP contribution < -0.4 is 17.2 Å². The fraction of sp³-hybridized carbons (Fsp3) is 0.308. The molecule has 0 spiro atoms. The van der Waals surface area contributed by atoms with Crippen LogP contribution in [0, 0.1) is 0 Å². The maximum atomic E-state index is 11.9. The topological polar surface area (TPSA) is 133 Å². The first-order valence-corrected chi connectivity index (χ1v) is 5.99. The Kier molecular flexibility index (Phi) is 5.22. The predicted molar refractivity (Wildman–Crippen MR) is 73.2 cm³/mol. The van der Waals surface area contributed by atoms with Crippen LogP contribution in [-0.2, 0) is 16.1 Å². The van der Waals surface area contributed by atoms with Crippen LogP contribution in [0.15, 0.2) is 24.3 Å². The van der Waals surface area contributed by atoms with E-state index in [-0.39, 0.29) is 12.3 Å². The second kappa shape index (κ2) is 6.67. The maximum Gasteiger partial charge on any atom is 0.248 e. The van der Waals surface area contributed by atoms with E-state index in [2.05, 4.69) is 0 Å². The van der Waals surface area contributed by atoms with E-state index in [0.29, 0.717) is 12.1 Å². The van der Waals surface area contributed by atoms with Gasteiger partial charge >= 0.3 is 0 Å². The highest BCUT2D eigenvalue weighted by molar-refractivity contribution is 5.92. The van der Waals surface area contributed by atoms with Crippen molar-refractivity contribution >= 4 is 17.7 Å². The lowest BCUT2D eigenvalue weighted by Gasteiger charge is -2.20. The van der Waals surface area contributed by atoms with Crippen molar-refractivity contribution in [1.29, 1.82) is 0 Å². The SMILES string of the molecule is CN(Cc1ccc(C(N)=O)cc1)C(=O)C(N)CC(N)=O. The molecule has 0 heterocycles. The number of carbonyl (C=O) groups is 3. The Bertz CT molecular complexity index is 513. The van der Waals surface area contributed by atoms with Crippen LogP contribution in [0.4, 0.5) is 0 Å². The number of primary amides is 2. The number of likely N-dealkylation sites (N-methyl/N-ethyl adjacent to an activating group) is 1. The molecule has 7 nitrogen and oxygen atoms in total. The quantitative estimate of drug-likeness (QED) is 0.612. The van der Waals surface area contributed by atoms with Crippen LogP contribution in [-0.4, -0.2) is 35.7 Å². The average Bonchev–Trinajstić information content (AvgIpc) is 2.37. The van der Waals surface area contributed by atoms with Gasteiger partial charge in [-0.25, -0.2) is 0 Å². The van der Waals surface area contributed by atoms with Crippen molar-refractivity contribution in [3.8, 4) is 0 Å². The molecule has 108 valence electrons. The Morgan fingerprint density at radius 3 is 2.15 bits per heavy atom. The van der Waals surface area contributed by atoms with Gasteiger partial charge in [-0.1, -0.05) is 12.1 Å². The molecule has 20 heavy (non-hydrogen) atoms. The molecule has 0 saturated carbocycles. The molecule has 0 fully saturated rings. The Labute approximate surface area is 116 Å². The molecular weight excluding hydrogens is 260 g/mol. The third-order valence-corrected chi connectivity index (χ3v) is 2.77. The highest BCUT2D eigenvalue weighted by Crippen LogP contribution is 2.07. The lowest BCUT2D eigenvalue weighted by Crippen LogP contribution is -2.43. The number of hydrogen-bond donors (Lipinski definition) is 3. The van der Waals surface area contributed by atoms with Crippen molar-refractivity contribution in [3.05, 3.63) is 35.4 Å². The first-order valence-electron chi connectivity index (χ1n) is 5.99. The summed E-state index contributed by atoms with van der Waals surface area (Å²) in [5.41, 5.74) is 16.9. The van der Waals surface area contributed by atoms with E-state index >= 15 is 0 Å². The smallest absolute Gasteiger partial charge is 0.248 e. The summed E-state index contributed by atoms with van der Waals surface area (Å²) in [6.45, 7) is 0.310. The van der Waals surface area contributed by atoms with Crippen molar-refractivity contribution < 1.29 is 14.4 Å². The van der Waals surface area contributed by atoms with Gasteiger partial charge in [0.25, 0.3) is 0 Å². The van der Waals surface area contributed by atoms with Crippen LogP contribution in [0.1, 0.15) is 22.3 Å². The second-order valence-corrected chi connectivity index (χ2v) is 4.53. The molecule has 0 aliphatic heterocycles. The summed E-state index contributed by atoms with van der Waals surface area (Å²) >= 11 is 0. The third kappa shape index (κ3) is 4.36. The molecule has 6 N–H and O–H groups in total. The Morgan fingerprint density at radius 2 is 1.70 bits per heavy atom. The summed E-state index contributed by atoms with van der Waals surface area (Å²) in [5.74, 6) is -1.50. The first-order chi connectivity index (χ1) is 9.31. The van der Waals surface area contributed by atoms with Gasteiger partial charge in [-0.2, -0.15) is 0 Å². The van der Waals surface area contributed by atoms with E-state index in [1.165, 1.54) is 4.90 Å². The van der Waals surface area contributed by atoms with E-state index in [9.17, 15) is 14.4 Å². The van der Waals surface area contributed by atoms with Gasteiger partial charge in [0.1, 0.15) is 0 Å². The molecule has 1 atom stereocenters. The van der Waals surface area contributed by atoms with Crippen molar-refractivity contribution in [3.63, 3.8) is 0 Å². The zero-order chi connectivity index (χ0) is 15.3. The minimum Gasteiger partial charge on any atom is -0.370 e. The van der Waals surface area contributed by atoms with Crippen molar-refractivity contribution in [2.24, 2.45) is 17.2 Å². The average molecular weight is 278 g/mol. The molecule has 1 unspecified atom stereocenters. The number of benzene rings is 1. The molecule has 0 radical (unpaired) electrons. The lowest BCUT2D eigenvalue weighted by atomic mass is 10.1. The monoisotopic (exact) mass is 278 g/mol. The minimum absolute atomic E-state index is 0.191. The summed E-state index contributed by atoms with van der Waals surface area (Å²) in [6.07, 6.45) is -0.191. The van der Waals surface area contributed by atoms with Gasteiger partial charge in [0.2, 0.25) is 17.7 Å². The number of amides is 3. The molecule has 0 aliphatic rings. The van der Waals surface area contributed by atoms with E-state index in [1.54, 1.807) is 31.3 Å². The number of carbonyl (C=O) groups excluding carboxylic acids is 3. The molecule has 0 aliphatic carbocycles. The summed E-state index contributed by atoms with van der Waals surface area (Å²) in [4.78, 5) is 34.9. The van der Waals surface area contributed by atoms with Gasteiger partial charge in [-0.15, -0.1) is 0 Å². The largest absolute Gasteiger partial charge is 0.370 e. The molecule has 1 aromatic carbocycles. The predicted octanol–water partition coefficient (Wildman–Crippen LogP) is -1.05. The first kappa shape index (κ1) is 15.6. The van der Waals surface area contributed by atoms with E-state index < -0.39 is 17.9 Å². The highest BCUT2D eigenvalue weighted by atomic mass is 16.2. The van der Waals surface area contributed by atoms with Gasteiger partial charge < -0.3 is 22.1 Å². The summed E-state index contributed by atoms with van der Waals surface area (Å²) in [5, 5.41) is 0. The Morgan fingerprint density at radius 1 is 1.15 bits per heavy atom. The molecule has 0 aromatic heterocycles. The van der Waals surface area contributed by atoms with Crippen molar-refractivity contribution in [2.75, 3.05) is 7.05 Å².